The second-order valence-electron chi connectivity index (χ2n) is 11.6. The molecular formula is C36H42N2O5. The number of nitrogens with zero attached hydrogens (tertiary/aromatic N) is 1. The minimum Gasteiger partial charge on any atom is -0.496 e. The summed E-state index contributed by atoms with van der Waals surface area (Å²) in [5.41, 5.74) is 5.16. The number of carbonyl (C=O) groups is 2. The molecule has 1 N–H and O–H groups in total. The maximum absolute atomic E-state index is 14.6. The van der Waals surface area contributed by atoms with Gasteiger partial charge in [-0.3, -0.25) is 14.5 Å². The van der Waals surface area contributed by atoms with Crippen molar-refractivity contribution < 1.29 is 23.8 Å². The van der Waals surface area contributed by atoms with E-state index in [1.807, 2.05) is 62.5 Å². The van der Waals surface area contributed by atoms with Gasteiger partial charge in [-0.05, 0) is 66.3 Å². The van der Waals surface area contributed by atoms with Gasteiger partial charge in [0.05, 0.1) is 27.8 Å². The van der Waals surface area contributed by atoms with Crippen molar-refractivity contribution in [2.45, 2.75) is 64.8 Å². The van der Waals surface area contributed by atoms with Gasteiger partial charge in [0.25, 0.3) is 0 Å². The molecule has 1 amide bonds. The number of H-pyrrole nitrogens is 1. The zero-order valence-electron chi connectivity index (χ0n) is 25.9. The molecule has 43 heavy (non-hydrogen) atoms. The van der Waals surface area contributed by atoms with Crippen LogP contribution >= 0.6 is 0 Å². The Balaban J connectivity index is 1.66. The Morgan fingerprint density at radius 2 is 1.60 bits per heavy atom. The van der Waals surface area contributed by atoms with Crippen LogP contribution in [0.5, 0.6) is 17.2 Å². The Bertz CT molecular complexity index is 1600. The van der Waals surface area contributed by atoms with E-state index in [2.05, 4.69) is 4.98 Å². The summed E-state index contributed by atoms with van der Waals surface area (Å²) in [5.74, 6) is 1.89. The predicted octanol–water partition coefficient (Wildman–Crippen LogP) is 7.67. The van der Waals surface area contributed by atoms with Crippen LogP contribution in [0.4, 0.5) is 5.69 Å². The Labute approximate surface area is 254 Å². The highest BCUT2D eigenvalue weighted by Crippen LogP contribution is 2.39. The fourth-order valence-electron chi connectivity index (χ4n) is 6.43. The number of nitrogens with one attached hydrogen (secondary N) is 1. The van der Waals surface area contributed by atoms with Gasteiger partial charge in [0.1, 0.15) is 11.8 Å². The summed E-state index contributed by atoms with van der Waals surface area (Å²) in [6.07, 6.45) is 7.98. The number of benzene rings is 3. The minimum atomic E-state index is -0.842. The molecule has 1 saturated carbocycles. The molecule has 5 rings (SSSR count). The number of hydrogen-bond acceptors (Lipinski definition) is 5. The van der Waals surface area contributed by atoms with Crippen molar-refractivity contribution in [1.82, 2.24) is 4.98 Å². The molecule has 7 heteroatoms. The summed E-state index contributed by atoms with van der Waals surface area (Å²) in [6, 6.07) is 16.4. The van der Waals surface area contributed by atoms with Crippen molar-refractivity contribution in [3.8, 4) is 17.2 Å². The molecule has 0 aliphatic heterocycles. The largest absolute Gasteiger partial charge is 0.496 e. The van der Waals surface area contributed by atoms with Gasteiger partial charge in [0, 0.05) is 35.3 Å². The average Bonchev–Trinajstić information content (AvgIpc) is 3.43. The minimum absolute atomic E-state index is 0.0271. The number of ether oxygens (including phenoxy) is 3. The van der Waals surface area contributed by atoms with Gasteiger partial charge < -0.3 is 19.2 Å². The first-order chi connectivity index (χ1) is 20.8. The number of aryl methyl sites for hydroxylation is 1. The van der Waals surface area contributed by atoms with Gasteiger partial charge in [-0.15, -0.1) is 0 Å². The first-order valence-electron chi connectivity index (χ1n) is 15.1. The van der Waals surface area contributed by atoms with Gasteiger partial charge in [0.2, 0.25) is 5.91 Å². The SMILES string of the molecule is COc1ccc(N(C(=O)Cc2c[nH]c3ccccc23)C(C(=O)CC2CCCCC2)c2cc(C)c(C)c(OC)c2)cc1OC. The molecule has 3 aromatic carbocycles. The van der Waals surface area contributed by atoms with Gasteiger partial charge in [-0.1, -0.05) is 56.4 Å². The summed E-state index contributed by atoms with van der Waals surface area (Å²) in [6.45, 7) is 4.02. The monoisotopic (exact) mass is 582 g/mol. The van der Waals surface area contributed by atoms with Crippen LogP contribution in [0.3, 0.4) is 0 Å². The third kappa shape index (κ3) is 6.41. The quantitative estimate of drug-likeness (QED) is 0.196. The molecule has 0 radical (unpaired) electrons. The zero-order valence-corrected chi connectivity index (χ0v) is 25.9. The maximum atomic E-state index is 14.6. The van der Waals surface area contributed by atoms with E-state index in [4.69, 9.17) is 14.2 Å². The molecule has 1 atom stereocenters. The number of aromatic amines is 1. The molecule has 0 bridgehead atoms. The number of rotatable bonds is 11. The molecule has 1 heterocycles. The van der Waals surface area contributed by atoms with E-state index in [1.54, 1.807) is 38.4 Å². The first-order valence-corrected chi connectivity index (χ1v) is 15.1. The predicted molar refractivity (Wildman–Crippen MR) is 170 cm³/mol. The highest BCUT2D eigenvalue weighted by atomic mass is 16.5. The second-order valence-corrected chi connectivity index (χ2v) is 11.6. The molecular weight excluding hydrogens is 540 g/mol. The van der Waals surface area contributed by atoms with Crippen LogP contribution in [0, 0.1) is 19.8 Å². The number of Topliss-reactive ketones (excluding diaryl/α,β-unsaturated/α-hetero) is 1. The Hall–Kier alpha value is -4.26. The summed E-state index contributed by atoms with van der Waals surface area (Å²) < 4.78 is 16.9. The number of carbonyl (C=O) groups excluding carboxylic acids is 2. The van der Waals surface area contributed by atoms with Crippen molar-refractivity contribution >= 4 is 28.3 Å². The molecule has 1 aliphatic rings. The van der Waals surface area contributed by atoms with Crippen molar-refractivity contribution in [1.29, 1.82) is 0 Å². The van der Waals surface area contributed by atoms with Gasteiger partial charge in [0.15, 0.2) is 17.3 Å². The summed E-state index contributed by atoms with van der Waals surface area (Å²) >= 11 is 0. The number of fused-ring (bicyclic) bond motifs is 1. The number of aromatic nitrogens is 1. The smallest absolute Gasteiger partial charge is 0.232 e. The van der Waals surface area contributed by atoms with Gasteiger partial charge >= 0.3 is 0 Å². The Morgan fingerprint density at radius 1 is 0.884 bits per heavy atom. The van der Waals surface area contributed by atoms with Crippen molar-refractivity contribution in [3.05, 3.63) is 83.0 Å². The Morgan fingerprint density at radius 3 is 2.33 bits per heavy atom. The molecule has 1 aromatic heterocycles. The number of methoxy groups -OCH3 is 3. The van der Waals surface area contributed by atoms with Crippen LogP contribution in [0.1, 0.15) is 66.8 Å². The lowest BCUT2D eigenvalue weighted by Crippen LogP contribution is -2.41. The van der Waals surface area contributed by atoms with Crippen molar-refractivity contribution in [3.63, 3.8) is 0 Å². The molecule has 4 aromatic rings. The fraction of sp³-hybridized carbons (Fsp3) is 0.389. The third-order valence-electron chi connectivity index (χ3n) is 8.89. The highest BCUT2D eigenvalue weighted by Gasteiger charge is 2.35. The van der Waals surface area contributed by atoms with Gasteiger partial charge in [-0.25, -0.2) is 0 Å². The normalized spacial score (nSPS) is 14.3. The van der Waals surface area contributed by atoms with Crippen LogP contribution in [-0.2, 0) is 16.0 Å². The van der Waals surface area contributed by atoms with E-state index in [-0.39, 0.29) is 18.1 Å². The number of ketones is 1. The summed E-state index contributed by atoms with van der Waals surface area (Å²) in [4.78, 5) is 34.1. The molecule has 1 fully saturated rings. The lowest BCUT2D eigenvalue weighted by molar-refractivity contribution is -0.125. The summed E-state index contributed by atoms with van der Waals surface area (Å²) in [5, 5.41) is 0.987. The van der Waals surface area contributed by atoms with E-state index in [1.165, 1.54) is 6.42 Å². The topological polar surface area (TPSA) is 80.9 Å². The maximum Gasteiger partial charge on any atom is 0.232 e. The fourth-order valence-corrected chi connectivity index (χ4v) is 6.43. The highest BCUT2D eigenvalue weighted by molar-refractivity contribution is 6.04. The lowest BCUT2D eigenvalue weighted by Gasteiger charge is -2.34. The van der Waals surface area contributed by atoms with Crippen molar-refractivity contribution in [2.75, 3.05) is 26.2 Å². The first kappa shape index (κ1) is 30.2. The van der Waals surface area contributed by atoms with Crippen LogP contribution in [-0.4, -0.2) is 38.0 Å². The van der Waals surface area contributed by atoms with Crippen LogP contribution in [0.2, 0.25) is 0 Å². The zero-order chi connectivity index (χ0) is 30.5. The Kier molecular flexibility index (Phi) is 9.39. The van der Waals surface area contributed by atoms with Gasteiger partial charge in [-0.2, -0.15) is 0 Å². The van der Waals surface area contributed by atoms with E-state index in [0.29, 0.717) is 35.3 Å². The second kappa shape index (κ2) is 13.4. The average molecular weight is 583 g/mol. The van der Waals surface area contributed by atoms with Crippen LogP contribution in [0.15, 0.2) is 60.8 Å². The molecule has 7 nitrogen and oxygen atoms in total. The van der Waals surface area contributed by atoms with Crippen LogP contribution < -0.4 is 19.1 Å². The van der Waals surface area contributed by atoms with Crippen molar-refractivity contribution in [2.24, 2.45) is 5.92 Å². The molecule has 1 aliphatic carbocycles. The number of para-hydroxylation sites is 1. The van der Waals surface area contributed by atoms with E-state index >= 15 is 0 Å². The van der Waals surface area contributed by atoms with E-state index in [9.17, 15) is 9.59 Å². The number of hydrogen-bond donors (Lipinski definition) is 1. The van der Waals surface area contributed by atoms with E-state index in [0.717, 1.165) is 58.8 Å². The number of amides is 1. The third-order valence-corrected chi connectivity index (χ3v) is 8.89. The summed E-state index contributed by atoms with van der Waals surface area (Å²) in [7, 11) is 4.79. The molecule has 0 saturated heterocycles. The lowest BCUT2D eigenvalue weighted by atomic mass is 9.83. The standard InChI is InChI=1S/C36H42N2O5/c1-23-17-26(19-33(42-4)24(23)2)36(31(39)18-25-11-7-6-8-12-25)38(28-15-16-32(41-3)34(21-28)43-5)35(40)20-27-22-37-30-14-10-9-13-29(27)30/h9-10,13-17,19,21-22,25,36-37H,6-8,11-12,18,20H2,1-5H3. The molecule has 226 valence electrons. The van der Waals surface area contributed by atoms with E-state index < -0.39 is 6.04 Å². The number of anilines is 1. The molecule has 1 unspecified atom stereocenters. The van der Waals surface area contributed by atoms with Crippen LogP contribution in [0.25, 0.3) is 10.9 Å². The molecule has 0 spiro atoms.